The summed E-state index contributed by atoms with van der Waals surface area (Å²) in [6, 6.07) is 7.46. The number of amides is 1. The van der Waals surface area contributed by atoms with Crippen molar-refractivity contribution in [2.75, 3.05) is 20.1 Å². The third-order valence-corrected chi connectivity index (χ3v) is 4.13. The second-order valence-electron chi connectivity index (χ2n) is 5.78. The average Bonchev–Trinajstić information content (AvgIpc) is 2.95. The SMILES string of the molecule is CNC(=O)[CH-]CCC=O.O=[C-]c1[c-]cc2c(c1)CN(C1CNC1)C2.[Na+]. The van der Waals surface area contributed by atoms with Crippen molar-refractivity contribution in [3.05, 3.63) is 41.3 Å². The molecule has 2 aliphatic rings. The summed E-state index contributed by atoms with van der Waals surface area (Å²) < 4.78 is 0. The maximum Gasteiger partial charge on any atom is 1.00 e. The number of hydrogen-bond donors (Lipinski definition) is 2. The molecule has 130 valence electrons. The van der Waals surface area contributed by atoms with Gasteiger partial charge in [0.25, 0.3) is 0 Å². The van der Waals surface area contributed by atoms with Gasteiger partial charge in [0.15, 0.2) is 0 Å². The Morgan fingerprint density at radius 1 is 1.48 bits per heavy atom. The fourth-order valence-corrected chi connectivity index (χ4v) is 2.59. The van der Waals surface area contributed by atoms with Gasteiger partial charge in [0.1, 0.15) is 6.29 Å². The molecule has 2 heterocycles. The molecule has 1 fully saturated rings. The standard InChI is InChI=1S/C12H12N2O.C6H10NO2.Na/c15-8-9-1-2-10-6-14(7-11(10)3-9)12-4-13-5-12;1-7-6(9)4-2-3-5-8;/h2-3,12-13H,4-7H2;4-5H,2-3H2,1H3,(H,7,9);/q-2;-1;+1. The number of rotatable bonds is 6. The number of aldehydes is 1. The van der Waals surface area contributed by atoms with E-state index in [2.05, 4.69) is 21.6 Å². The van der Waals surface area contributed by atoms with Crippen LogP contribution in [0.5, 0.6) is 0 Å². The van der Waals surface area contributed by atoms with Crippen molar-refractivity contribution in [1.29, 1.82) is 0 Å². The van der Waals surface area contributed by atoms with Gasteiger partial charge in [0, 0.05) is 39.3 Å². The van der Waals surface area contributed by atoms with Crippen LogP contribution in [0, 0.1) is 12.5 Å². The minimum atomic E-state index is -0.128. The fraction of sp³-hybridized carbons (Fsp3) is 0.444. The summed E-state index contributed by atoms with van der Waals surface area (Å²) in [5, 5.41) is 5.69. The maximum absolute atomic E-state index is 10.5. The van der Waals surface area contributed by atoms with Gasteiger partial charge in [-0.1, -0.05) is 5.56 Å². The summed E-state index contributed by atoms with van der Waals surface area (Å²) in [5.41, 5.74) is 3.11. The number of carbonyl (C=O) groups excluding carboxylic acids is 3. The molecule has 3 rings (SSSR count). The van der Waals surface area contributed by atoms with Gasteiger partial charge in [0.05, 0.1) is 5.91 Å². The zero-order valence-electron chi connectivity index (χ0n) is 14.8. The van der Waals surface area contributed by atoms with Gasteiger partial charge in [0.2, 0.25) is 0 Å². The molecule has 1 aromatic rings. The van der Waals surface area contributed by atoms with Crippen molar-refractivity contribution in [2.24, 2.45) is 0 Å². The topological polar surface area (TPSA) is 78.5 Å². The van der Waals surface area contributed by atoms with Crippen LogP contribution in [0.4, 0.5) is 0 Å². The summed E-state index contributed by atoms with van der Waals surface area (Å²) in [7, 11) is 1.56. The van der Waals surface area contributed by atoms with E-state index in [1.807, 2.05) is 18.4 Å². The van der Waals surface area contributed by atoms with Crippen molar-refractivity contribution in [2.45, 2.75) is 32.0 Å². The third kappa shape index (κ3) is 6.56. The summed E-state index contributed by atoms with van der Waals surface area (Å²) in [6.07, 6.45) is 5.09. The molecule has 0 unspecified atom stereocenters. The molecule has 1 amide bonds. The largest absolute Gasteiger partial charge is 1.00 e. The molecule has 2 N–H and O–H groups in total. The molecule has 0 aromatic heterocycles. The molecular weight excluding hydrogens is 329 g/mol. The van der Waals surface area contributed by atoms with E-state index >= 15 is 0 Å². The summed E-state index contributed by atoms with van der Waals surface area (Å²) >= 11 is 0. The summed E-state index contributed by atoms with van der Waals surface area (Å²) in [5.74, 6) is -0.128. The molecule has 0 radical (unpaired) electrons. The number of hydrogen-bond acceptors (Lipinski definition) is 5. The first kappa shape index (κ1) is 21.9. The third-order valence-electron chi connectivity index (χ3n) is 4.13. The number of nitrogens with zero attached hydrogens (tertiary/aromatic N) is 1. The zero-order chi connectivity index (χ0) is 17.4. The number of unbranched alkanes of at least 4 members (excludes halogenated alkanes) is 1. The zero-order valence-corrected chi connectivity index (χ0v) is 16.8. The van der Waals surface area contributed by atoms with Gasteiger partial charge < -0.3 is 43.1 Å². The minimum absolute atomic E-state index is 0. The van der Waals surface area contributed by atoms with E-state index < -0.39 is 0 Å². The molecule has 1 saturated heterocycles. The van der Waals surface area contributed by atoms with Crippen LogP contribution in [0.2, 0.25) is 0 Å². The first-order chi connectivity index (χ1) is 11.7. The number of carbonyl (C=O) groups is 2. The van der Waals surface area contributed by atoms with E-state index in [0.29, 0.717) is 24.4 Å². The Balaban J connectivity index is 0.000000275. The van der Waals surface area contributed by atoms with Crippen LogP contribution in [0.25, 0.3) is 0 Å². The van der Waals surface area contributed by atoms with Gasteiger partial charge in [-0.3, -0.25) is 11.0 Å². The Kier molecular flexibility index (Phi) is 10.0. The van der Waals surface area contributed by atoms with Crippen LogP contribution in [-0.4, -0.2) is 49.6 Å². The Morgan fingerprint density at radius 2 is 2.20 bits per heavy atom. The van der Waals surface area contributed by atoms with Crippen molar-refractivity contribution < 1.29 is 43.9 Å². The summed E-state index contributed by atoms with van der Waals surface area (Å²) in [4.78, 5) is 33.1. The van der Waals surface area contributed by atoms with Gasteiger partial charge in [-0.25, -0.2) is 0 Å². The summed E-state index contributed by atoms with van der Waals surface area (Å²) in [6.45, 7) is 4.14. The minimum Gasteiger partial charge on any atom is -0.462 e. The monoisotopic (exact) mass is 351 g/mol. The van der Waals surface area contributed by atoms with Crippen molar-refractivity contribution in [3.8, 4) is 0 Å². The normalized spacial score (nSPS) is 15.6. The van der Waals surface area contributed by atoms with Crippen LogP contribution in [0.15, 0.2) is 12.1 Å². The van der Waals surface area contributed by atoms with Crippen molar-refractivity contribution in [1.82, 2.24) is 15.5 Å². The molecule has 0 atom stereocenters. The molecular formula is C18H22N3NaO3-2. The van der Waals surface area contributed by atoms with E-state index in [1.54, 1.807) is 7.05 Å². The molecule has 0 spiro atoms. The molecule has 1 aromatic carbocycles. The second-order valence-corrected chi connectivity index (χ2v) is 5.78. The average molecular weight is 351 g/mol. The number of fused-ring (bicyclic) bond motifs is 1. The molecule has 0 aliphatic carbocycles. The van der Waals surface area contributed by atoms with Crippen LogP contribution in [0.1, 0.15) is 29.5 Å². The second kappa shape index (κ2) is 11.4. The fourth-order valence-electron chi connectivity index (χ4n) is 2.59. The Morgan fingerprint density at radius 3 is 2.76 bits per heavy atom. The van der Waals surface area contributed by atoms with E-state index in [9.17, 15) is 14.4 Å². The van der Waals surface area contributed by atoms with Crippen LogP contribution in [-0.2, 0) is 27.5 Å². The quantitative estimate of drug-likeness (QED) is 0.250. The van der Waals surface area contributed by atoms with Gasteiger partial charge in [-0.05, 0) is 6.42 Å². The predicted molar refractivity (Wildman–Crippen MR) is 89.6 cm³/mol. The molecule has 7 heteroatoms. The molecule has 0 bridgehead atoms. The molecule has 6 nitrogen and oxygen atoms in total. The first-order valence-corrected chi connectivity index (χ1v) is 8.03. The molecule has 0 saturated carbocycles. The smallest absolute Gasteiger partial charge is 0.462 e. The van der Waals surface area contributed by atoms with E-state index in [-0.39, 0.29) is 35.5 Å². The van der Waals surface area contributed by atoms with Crippen LogP contribution in [0.3, 0.4) is 0 Å². The van der Waals surface area contributed by atoms with Crippen molar-refractivity contribution in [3.63, 3.8) is 0 Å². The Bertz CT molecular complexity index is 591. The van der Waals surface area contributed by atoms with Crippen LogP contribution < -0.4 is 40.2 Å². The van der Waals surface area contributed by atoms with Crippen molar-refractivity contribution >= 4 is 18.5 Å². The molecule has 2 aliphatic heterocycles. The maximum atomic E-state index is 10.5. The van der Waals surface area contributed by atoms with Crippen LogP contribution >= 0.6 is 0 Å². The Labute approximate surface area is 171 Å². The van der Waals surface area contributed by atoms with Gasteiger partial charge >= 0.3 is 29.6 Å². The van der Waals surface area contributed by atoms with Gasteiger partial charge in [-0.2, -0.15) is 12.5 Å². The van der Waals surface area contributed by atoms with E-state index in [4.69, 9.17) is 0 Å². The van der Waals surface area contributed by atoms with E-state index in [1.165, 1.54) is 17.5 Å². The molecule has 25 heavy (non-hydrogen) atoms. The van der Waals surface area contributed by atoms with Gasteiger partial charge in [-0.15, -0.1) is 11.8 Å². The number of nitrogens with one attached hydrogen (secondary N) is 2. The Hall–Kier alpha value is -1.18. The first-order valence-electron chi connectivity index (χ1n) is 8.03. The number of benzene rings is 1. The predicted octanol–water partition coefficient (Wildman–Crippen LogP) is -2.85. The van der Waals surface area contributed by atoms with E-state index in [0.717, 1.165) is 32.5 Å².